The minimum Gasteiger partial charge on any atom is -0.301 e. The van der Waals surface area contributed by atoms with Crippen molar-refractivity contribution in [2.45, 2.75) is 51.5 Å². The Morgan fingerprint density at radius 3 is 2.50 bits per heavy atom. The average molecular weight is 243 g/mol. The van der Waals surface area contributed by atoms with Gasteiger partial charge in [0.15, 0.2) is 0 Å². The van der Waals surface area contributed by atoms with Crippen molar-refractivity contribution in [1.29, 1.82) is 0 Å². The Bertz CT molecular complexity index is 402. The highest BCUT2D eigenvalue weighted by Gasteiger charge is 2.32. The van der Waals surface area contributed by atoms with E-state index in [0.717, 1.165) is 17.9 Å². The second-order valence-corrected chi connectivity index (χ2v) is 6.31. The van der Waals surface area contributed by atoms with Gasteiger partial charge in [0.25, 0.3) is 0 Å². The average Bonchev–Trinajstić information content (AvgIpc) is 2.82. The van der Waals surface area contributed by atoms with Crippen LogP contribution in [0.4, 0.5) is 0 Å². The minimum absolute atomic E-state index is 0.724. The fourth-order valence-electron chi connectivity index (χ4n) is 3.92. The lowest BCUT2D eigenvalue weighted by Gasteiger charge is -2.37. The third kappa shape index (κ3) is 2.21. The summed E-state index contributed by atoms with van der Waals surface area (Å²) in [5, 5.41) is 0. The molecule has 0 saturated carbocycles. The number of likely N-dealkylation sites (tertiary alicyclic amines) is 1. The molecule has 1 aliphatic carbocycles. The largest absolute Gasteiger partial charge is 0.301 e. The van der Waals surface area contributed by atoms with Gasteiger partial charge in [-0.1, -0.05) is 24.3 Å². The summed E-state index contributed by atoms with van der Waals surface area (Å²) >= 11 is 0. The Labute approximate surface area is 111 Å². The molecule has 0 aromatic heterocycles. The molecule has 0 N–H and O–H groups in total. The zero-order valence-corrected chi connectivity index (χ0v) is 11.7. The van der Waals surface area contributed by atoms with E-state index in [1.165, 1.54) is 38.8 Å². The Morgan fingerprint density at radius 2 is 1.78 bits per heavy atom. The highest BCUT2D eigenvalue weighted by molar-refractivity contribution is 5.35. The van der Waals surface area contributed by atoms with Crippen molar-refractivity contribution >= 4 is 0 Å². The van der Waals surface area contributed by atoms with E-state index in [4.69, 9.17) is 0 Å². The van der Waals surface area contributed by atoms with Crippen molar-refractivity contribution in [3.63, 3.8) is 0 Å². The quantitative estimate of drug-likeness (QED) is 0.763. The van der Waals surface area contributed by atoms with Crippen LogP contribution in [-0.2, 0) is 6.42 Å². The van der Waals surface area contributed by atoms with Gasteiger partial charge in [-0.2, -0.15) is 0 Å². The normalized spacial score (nSPS) is 25.6. The van der Waals surface area contributed by atoms with E-state index in [1.807, 2.05) is 0 Å². The first-order chi connectivity index (χ1) is 8.75. The van der Waals surface area contributed by atoms with Gasteiger partial charge < -0.3 is 4.90 Å². The van der Waals surface area contributed by atoms with E-state index in [2.05, 4.69) is 43.0 Å². The molecular weight excluding hydrogens is 218 g/mol. The molecule has 1 aromatic rings. The summed E-state index contributed by atoms with van der Waals surface area (Å²) in [7, 11) is 0. The van der Waals surface area contributed by atoms with Crippen molar-refractivity contribution in [1.82, 2.24) is 4.90 Å². The lowest BCUT2D eigenvalue weighted by molar-refractivity contribution is 0.137. The SMILES string of the molecule is CC(C)N1CCC(C2CCc3ccccc32)CC1. The van der Waals surface area contributed by atoms with Crippen LogP contribution in [0, 0.1) is 5.92 Å². The van der Waals surface area contributed by atoms with Crippen LogP contribution in [0.5, 0.6) is 0 Å². The molecular formula is C17H25N. The Kier molecular flexibility index (Phi) is 3.43. The third-order valence-corrected chi connectivity index (χ3v) is 5.05. The predicted octanol–water partition coefficient (Wildman–Crippen LogP) is 3.84. The number of fused-ring (bicyclic) bond motifs is 1. The van der Waals surface area contributed by atoms with Crippen LogP contribution in [0.25, 0.3) is 0 Å². The second-order valence-electron chi connectivity index (χ2n) is 6.31. The van der Waals surface area contributed by atoms with Crippen LogP contribution in [-0.4, -0.2) is 24.0 Å². The first-order valence-corrected chi connectivity index (χ1v) is 7.57. The van der Waals surface area contributed by atoms with Crippen LogP contribution >= 0.6 is 0 Å². The lowest BCUT2D eigenvalue weighted by Crippen LogP contribution is -2.39. The van der Waals surface area contributed by atoms with Crippen molar-refractivity contribution < 1.29 is 0 Å². The van der Waals surface area contributed by atoms with Gasteiger partial charge in [0, 0.05) is 6.04 Å². The second kappa shape index (κ2) is 5.05. The van der Waals surface area contributed by atoms with Gasteiger partial charge in [-0.05, 0) is 75.6 Å². The van der Waals surface area contributed by atoms with E-state index < -0.39 is 0 Å². The third-order valence-electron chi connectivity index (χ3n) is 5.05. The summed E-state index contributed by atoms with van der Waals surface area (Å²) in [6, 6.07) is 9.85. The van der Waals surface area contributed by atoms with Crippen LogP contribution < -0.4 is 0 Å². The molecule has 1 fully saturated rings. The van der Waals surface area contributed by atoms with Crippen molar-refractivity contribution in [3.8, 4) is 0 Å². The van der Waals surface area contributed by atoms with Crippen LogP contribution in [0.3, 0.4) is 0 Å². The van der Waals surface area contributed by atoms with Gasteiger partial charge in [-0.15, -0.1) is 0 Å². The van der Waals surface area contributed by atoms with E-state index >= 15 is 0 Å². The fraction of sp³-hybridized carbons (Fsp3) is 0.647. The maximum absolute atomic E-state index is 2.64. The summed E-state index contributed by atoms with van der Waals surface area (Å²) < 4.78 is 0. The molecule has 1 heteroatoms. The molecule has 1 saturated heterocycles. The molecule has 0 radical (unpaired) electrons. The summed E-state index contributed by atoms with van der Waals surface area (Å²) in [4.78, 5) is 2.64. The topological polar surface area (TPSA) is 3.24 Å². The molecule has 2 aliphatic rings. The number of benzene rings is 1. The number of hydrogen-bond acceptors (Lipinski definition) is 1. The van der Waals surface area contributed by atoms with E-state index in [0.29, 0.717) is 0 Å². The summed E-state index contributed by atoms with van der Waals surface area (Å²) in [5.41, 5.74) is 3.29. The standard InChI is InChI=1S/C17H25N/c1-13(2)18-11-9-15(10-12-18)17-8-7-14-5-3-4-6-16(14)17/h3-6,13,15,17H,7-12H2,1-2H3. The molecule has 3 rings (SSSR count). The molecule has 0 amide bonds. The Hall–Kier alpha value is -0.820. The van der Waals surface area contributed by atoms with Crippen LogP contribution in [0.1, 0.15) is 50.2 Å². The Morgan fingerprint density at radius 1 is 1.06 bits per heavy atom. The van der Waals surface area contributed by atoms with Gasteiger partial charge in [0.1, 0.15) is 0 Å². The predicted molar refractivity (Wildman–Crippen MR) is 76.9 cm³/mol. The zero-order chi connectivity index (χ0) is 12.5. The summed E-state index contributed by atoms with van der Waals surface area (Å²) in [5.74, 6) is 1.79. The van der Waals surface area contributed by atoms with E-state index in [9.17, 15) is 0 Å². The summed E-state index contributed by atoms with van der Waals surface area (Å²) in [6.45, 7) is 7.26. The first-order valence-electron chi connectivity index (χ1n) is 7.57. The van der Waals surface area contributed by atoms with Gasteiger partial charge in [-0.25, -0.2) is 0 Å². The smallest absolute Gasteiger partial charge is 0.00385 e. The van der Waals surface area contributed by atoms with Gasteiger partial charge >= 0.3 is 0 Å². The first kappa shape index (κ1) is 12.2. The lowest BCUT2D eigenvalue weighted by atomic mass is 9.81. The van der Waals surface area contributed by atoms with Gasteiger partial charge in [0.05, 0.1) is 0 Å². The summed E-state index contributed by atoms with van der Waals surface area (Å²) in [6.07, 6.45) is 5.51. The van der Waals surface area contributed by atoms with Crippen LogP contribution in [0.15, 0.2) is 24.3 Å². The maximum Gasteiger partial charge on any atom is 0.00385 e. The van der Waals surface area contributed by atoms with Gasteiger partial charge in [-0.3, -0.25) is 0 Å². The zero-order valence-electron chi connectivity index (χ0n) is 11.7. The molecule has 0 spiro atoms. The number of piperidine rings is 1. The number of aryl methyl sites for hydroxylation is 1. The number of hydrogen-bond donors (Lipinski definition) is 0. The fourth-order valence-corrected chi connectivity index (χ4v) is 3.92. The molecule has 1 atom stereocenters. The molecule has 1 aliphatic heterocycles. The molecule has 0 bridgehead atoms. The minimum atomic E-state index is 0.724. The Balaban J connectivity index is 1.68. The van der Waals surface area contributed by atoms with Gasteiger partial charge in [0.2, 0.25) is 0 Å². The molecule has 98 valence electrons. The monoisotopic (exact) mass is 243 g/mol. The molecule has 1 heterocycles. The molecule has 1 nitrogen and oxygen atoms in total. The highest BCUT2D eigenvalue weighted by atomic mass is 15.1. The molecule has 1 unspecified atom stereocenters. The van der Waals surface area contributed by atoms with E-state index in [-0.39, 0.29) is 0 Å². The van der Waals surface area contributed by atoms with Crippen molar-refractivity contribution in [3.05, 3.63) is 35.4 Å². The maximum atomic E-state index is 2.64. The van der Waals surface area contributed by atoms with E-state index in [1.54, 1.807) is 11.1 Å². The van der Waals surface area contributed by atoms with Crippen molar-refractivity contribution in [2.75, 3.05) is 13.1 Å². The highest BCUT2D eigenvalue weighted by Crippen LogP contribution is 2.42. The van der Waals surface area contributed by atoms with Crippen LogP contribution in [0.2, 0.25) is 0 Å². The van der Waals surface area contributed by atoms with Crippen molar-refractivity contribution in [2.24, 2.45) is 5.92 Å². The molecule has 1 aromatic carbocycles. The number of nitrogens with zero attached hydrogens (tertiary/aromatic N) is 1. The molecule has 18 heavy (non-hydrogen) atoms. The number of rotatable bonds is 2.